The zero-order valence-corrected chi connectivity index (χ0v) is 25.6. The van der Waals surface area contributed by atoms with Gasteiger partial charge >= 0.3 is 0 Å². The molecule has 1 aliphatic heterocycles. The molecular weight excluding hydrogens is 600 g/mol. The van der Waals surface area contributed by atoms with Crippen LogP contribution in [0.4, 0.5) is 0 Å². The van der Waals surface area contributed by atoms with Crippen LogP contribution in [-0.4, -0.2) is 44.7 Å². The van der Waals surface area contributed by atoms with Gasteiger partial charge in [0.05, 0.1) is 23.5 Å². The van der Waals surface area contributed by atoms with Gasteiger partial charge in [-0.1, -0.05) is 73.5 Å². The van der Waals surface area contributed by atoms with Crippen LogP contribution >= 0.6 is 27.7 Å². The number of halogens is 1. The summed E-state index contributed by atoms with van der Waals surface area (Å²) in [4.78, 5) is 14.9. The van der Waals surface area contributed by atoms with Crippen LogP contribution in [0.25, 0.3) is 6.08 Å². The lowest BCUT2D eigenvalue weighted by atomic mass is 10.1. The van der Waals surface area contributed by atoms with Crippen LogP contribution in [-0.2, 0) is 14.8 Å². The second kappa shape index (κ2) is 15.3. The van der Waals surface area contributed by atoms with Crippen LogP contribution in [0.5, 0.6) is 11.5 Å². The van der Waals surface area contributed by atoms with E-state index in [0.29, 0.717) is 23.0 Å². The fourth-order valence-electron chi connectivity index (χ4n) is 3.92. The predicted octanol–water partition coefficient (Wildman–Crippen LogP) is 7.43. The Hall–Kier alpha value is -2.56. The number of amides is 1. The standard InChI is InChI=1S/C29H35BrN2O5S2/c1-4-6-7-8-9-10-11-19-37-26-20-22(12-17-25(26)36-3)21-27-28(33)32(18-5-2)29(38-27)31-39(34,35)24-15-13-23(30)14-16-24/h5,12-17,20-21H,2,4,6-11,18-19H2,1,3H3/b27-21-,31-29?. The first kappa shape index (κ1) is 31.0. The zero-order chi connectivity index (χ0) is 28.3. The second-order valence-electron chi connectivity index (χ2n) is 9.00. The third kappa shape index (κ3) is 8.98. The van der Waals surface area contributed by atoms with Crippen LogP contribution in [0, 0.1) is 0 Å². The van der Waals surface area contributed by atoms with E-state index < -0.39 is 10.0 Å². The third-order valence-electron chi connectivity index (χ3n) is 6.00. The Kier molecular flexibility index (Phi) is 12.1. The topological polar surface area (TPSA) is 85.3 Å². The maximum Gasteiger partial charge on any atom is 0.284 e. The first-order chi connectivity index (χ1) is 18.8. The Balaban J connectivity index is 1.76. The lowest BCUT2D eigenvalue weighted by Crippen LogP contribution is -2.29. The summed E-state index contributed by atoms with van der Waals surface area (Å²) < 4.78 is 42.0. The highest BCUT2D eigenvalue weighted by Gasteiger charge is 2.34. The van der Waals surface area contributed by atoms with Gasteiger partial charge in [-0.3, -0.25) is 9.69 Å². The van der Waals surface area contributed by atoms with Gasteiger partial charge in [0.1, 0.15) is 0 Å². The molecule has 210 valence electrons. The molecule has 7 nitrogen and oxygen atoms in total. The first-order valence-corrected chi connectivity index (χ1v) is 16.1. The lowest BCUT2D eigenvalue weighted by molar-refractivity contribution is -0.121. The molecule has 1 amide bonds. The Bertz CT molecular complexity index is 1310. The van der Waals surface area contributed by atoms with Crippen LogP contribution < -0.4 is 9.47 Å². The Morgan fingerprint density at radius 2 is 1.72 bits per heavy atom. The number of sulfonamides is 1. The molecule has 0 saturated carbocycles. The number of benzene rings is 2. The van der Waals surface area contributed by atoms with Crippen molar-refractivity contribution in [1.82, 2.24) is 4.90 Å². The van der Waals surface area contributed by atoms with E-state index in [1.807, 2.05) is 12.1 Å². The summed E-state index contributed by atoms with van der Waals surface area (Å²) in [7, 11) is -2.43. The number of hydrogen-bond acceptors (Lipinski definition) is 6. The maximum atomic E-state index is 13.2. The van der Waals surface area contributed by atoms with Gasteiger partial charge in [0.25, 0.3) is 15.9 Å². The largest absolute Gasteiger partial charge is 0.493 e. The molecule has 0 radical (unpaired) electrons. The van der Waals surface area contributed by atoms with Gasteiger partial charge in [-0.25, -0.2) is 0 Å². The number of unbranched alkanes of at least 4 members (excludes halogenated alkanes) is 6. The Labute approximate surface area is 244 Å². The van der Waals surface area contributed by atoms with Crippen molar-refractivity contribution in [2.45, 2.75) is 56.8 Å². The summed E-state index contributed by atoms with van der Waals surface area (Å²) in [6, 6.07) is 11.6. The van der Waals surface area contributed by atoms with Crippen molar-refractivity contribution in [3.8, 4) is 11.5 Å². The average molecular weight is 636 g/mol. The molecule has 1 fully saturated rings. The molecule has 10 heteroatoms. The van der Waals surface area contributed by atoms with E-state index in [0.717, 1.165) is 34.6 Å². The molecule has 1 heterocycles. The van der Waals surface area contributed by atoms with Crippen molar-refractivity contribution < 1.29 is 22.7 Å². The quantitative estimate of drug-likeness (QED) is 0.115. The summed E-state index contributed by atoms with van der Waals surface area (Å²) in [5.74, 6) is 0.871. The minimum Gasteiger partial charge on any atom is -0.493 e. The SMILES string of the molecule is C=CCN1C(=O)/C(=C/c2ccc(OC)c(OCCCCCCCCC)c2)SC1=NS(=O)(=O)c1ccc(Br)cc1. The molecule has 1 aliphatic rings. The summed E-state index contributed by atoms with van der Waals surface area (Å²) in [5, 5.41) is 0.0815. The number of carbonyl (C=O) groups excluding carboxylic acids is 1. The average Bonchev–Trinajstić information content (AvgIpc) is 3.19. The van der Waals surface area contributed by atoms with E-state index in [1.54, 1.807) is 31.4 Å². The molecule has 0 spiro atoms. The molecule has 0 N–H and O–H groups in total. The van der Waals surface area contributed by atoms with Crippen molar-refractivity contribution in [3.05, 3.63) is 70.1 Å². The molecule has 0 atom stereocenters. The van der Waals surface area contributed by atoms with Crippen molar-refractivity contribution in [2.75, 3.05) is 20.3 Å². The van der Waals surface area contributed by atoms with Gasteiger partial charge < -0.3 is 9.47 Å². The Morgan fingerprint density at radius 1 is 1.03 bits per heavy atom. The van der Waals surface area contributed by atoms with Gasteiger partial charge in [-0.15, -0.1) is 11.0 Å². The van der Waals surface area contributed by atoms with Gasteiger partial charge in [0.2, 0.25) is 0 Å². The second-order valence-corrected chi connectivity index (χ2v) is 12.5. The van der Waals surface area contributed by atoms with Gasteiger partial charge in [0, 0.05) is 11.0 Å². The fourth-order valence-corrected chi connectivity index (χ4v) is 6.37. The van der Waals surface area contributed by atoms with Crippen molar-refractivity contribution in [2.24, 2.45) is 4.40 Å². The minimum atomic E-state index is -4.01. The summed E-state index contributed by atoms with van der Waals surface area (Å²) in [5.41, 5.74) is 0.733. The summed E-state index contributed by atoms with van der Waals surface area (Å²) >= 11 is 4.31. The highest BCUT2D eigenvalue weighted by molar-refractivity contribution is 9.10. The maximum absolute atomic E-state index is 13.2. The molecule has 1 saturated heterocycles. The minimum absolute atomic E-state index is 0.0418. The van der Waals surface area contributed by atoms with Crippen LogP contribution in [0.1, 0.15) is 57.4 Å². The van der Waals surface area contributed by atoms with Crippen molar-refractivity contribution in [3.63, 3.8) is 0 Å². The molecule has 0 unspecified atom stereocenters. The number of carbonyl (C=O) groups is 1. The molecule has 3 rings (SSSR count). The number of hydrogen-bond donors (Lipinski definition) is 0. The molecule has 0 bridgehead atoms. The normalized spacial score (nSPS) is 15.8. The Morgan fingerprint density at radius 3 is 2.38 bits per heavy atom. The number of nitrogens with zero attached hydrogens (tertiary/aromatic N) is 2. The monoisotopic (exact) mass is 634 g/mol. The van der Waals surface area contributed by atoms with Crippen LogP contribution in [0.2, 0.25) is 0 Å². The predicted molar refractivity (Wildman–Crippen MR) is 163 cm³/mol. The van der Waals surface area contributed by atoms with E-state index in [2.05, 4.69) is 33.8 Å². The highest BCUT2D eigenvalue weighted by atomic mass is 79.9. The van der Waals surface area contributed by atoms with Crippen LogP contribution in [0.3, 0.4) is 0 Å². The highest BCUT2D eigenvalue weighted by Crippen LogP contribution is 2.35. The van der Waals surface area contributed by atoms with Gasteiger partial charge in [0.15, 0.2) is 16.7 Å². The van der Waals surface area contributed by atoms with Gasteiger partial charge in [-0.2, -0.15) is 8.42 Å². The van der Waals surface area contributed by atoms with Crippen LogP contribution in [0.15, 0.2) is 73.8 Å². The zero-order valence-electron chi connectivity index (χ0n) is 22.4. The number of thioether (sulfide) groups is 1. The summed E-state index contributed by atoms with van der Waals surface area (Å²) in [6.45, 7) is 6.62. The number of rotatable bonds is 15. The smallest absolute Gasteiger partial charge is 0.284 e. The van der Waals surface area contributed by atoms with E-state index in [9.17, 15) is 13.2 Å². The molecule has 39 heavy (non-hydrogen) atoms. The molecular formula is C29H35BrN2O5S2. The lowest BCUT2D eigenvalue weighted by Gasteiger charge is -2.12. The molecule has 2 aromatic rings. The van der Waals surface area contributed by atoms with E-state index in [4.69, 9.17) is 9.47 Å². The van der Waals surface area contributed by atoms with E-state index >= 15 is 0 Å². The molecule has 0 aliphatic carbocycles. The third-order valence-corrected chi connectivity index (χ3v) is 8.93. The van der Waals surface area contributed by atoms with Gasteiger partial charge in [-0.05, 0) is 66.2 Å². The van der Waals surface area contributed by atoms with E-state index in [-0.39, 0.29) is 22.5 Å². The van der Waals surface area contributed by atoms with Crippen molar-refractivity contribution in [1.29, 1.82) is 0 Å². The number of ether oxygens (including phenoxy) is 2. The first-order valence-electron chi connectivity index (χ1n) is 13.0. The molecule has 2 aromatic carbocycles. The van der Waals surface area contributed by atoms with E-state index in [1.165, 1.54) is 55.2 Å². The summed E-state index contributed by atoms with van der Waals surface area (Å²) in [6.07, 6.45) is 11.6. The fraction of sp³-hybridized carbons (Fsp3) is 0.379. The van der Waals surface area contributed by atoms with Crippen molar-refractivity contribution >= 4 is 54.9 Å². The molecule has 0 aromatic heterocycles. The number of methoxy groups -OCH3 is 1. The number of amidine groups is 1.